The number of fused-ring (bicyclic) bond motifs is 4. The Kier molecular flexibility index (Phi) is 4.29. The number of amides is 3. The molecule has 2 bridgehead atoms. The third kappa shape index (κ3) is 2.85. The van der Waals surface area contributed by atoms with Crippen LogP contribution in [0.3, 0.4) is 0 Å². The molecule has 150 valence electrons. The zero-order chi connectivity index (χ0) is 20.9. The maximum Gasteiger partial charge on any atom is 0.335 e. The molecule has 1 fully saturated rings. The third-order valence-electron chi connectivity index (χ3n) is 5.69. The molecule has 30 heavy (non-hydrogen) atoms. The Morgan fingerprint density at radius 3 is 2.40 bits per heavy atom. The van der Waals surface area contributed by atoms with E-state index in [0.29, 0.717) is 28.4 Å². The number of imide groups is 1. The number of para-hydroxylation sites is 1. The van der Waals surface area contributed by atoms with Gasteiger partial charge in [0.25, 0.3) is 5.91 Å². The molecule has 2 aliphatic rings. The van der Waals surface area contributed by atoms with Crippen molar-refractivity contribution >= 4 is 29.2 Å². The molecule has 1 saturated heterocycles. The highest BCUT2D eigenvalue weighted by molar-refractivity contribution is 6.30. The highest BCUT2D eigenvalue weighted by Crippen LogP contribution is 2.49. The Labute approximate surface area is 179 Å². The molecular formula is C24H19ClN2O3. The van der Waals surface area contributed by atoms with Crippen LogP contribution in [0.2, 0.25) is 5.02 Å². The summed E-state index contributed by atoms with van der Waals surface area (Å²) in [6.07, 6.45) is 0.455. The quantitative estimate of drug-likeness (QED) is 0.539. The molecule has 2 aliphatic heterocycles. The predicted molar refractivity (Wildman–Crippen MR) is 115 cm³/mol. The topological polar surface area (TPSA) is 49.9 Å². The lowest BCUT2D eigenvalue weighted by molar-refractivity contribution is 0.00268. The molecule has 0 N–H and O–H groups in total. The van der Waals surface area contributed by atoms with E-state index < -0.39 is 17.8 Å². The average Bonchev–Trinajstić information content (AvgIpc) is 2.75. The van der Waals surface area contributed by atoms with Gasteiger partial charge in [0.2, 0.25) is 0 Å². The zero-order valence-corrected chi connectivity index (χ0v) is 17.0. The van der Waals surface area contributed by atoms with Gasteiger partial charge in [-0.1, -0.05) is 48.0 Å². The van der Waals surface area contributed by atoms with Crippen LogP contribution in [0.25, 0.3) is 0 Å². The summed E-state index contributed by atoms with van der Waals surface area (Å²) in [5.41, 5.74) is 0.991. The molecule has 5 nitrogen and oxygen atoms in total. The van der Waals surface area contributed by atoms with E-state index in [-0.39, 0.29) is 5.91 Å². The number of ether oxygens (including phenoxy) is 1. The van der Waals surface area contributed by atoms with Crippen molar-refractivity contribution in [3.8, 4) is 5.75 Å². The van der Waals surface area contributed by atoms with Crippen LogP contribution in [0.4, 0.5) is 10.5 Å². The molecule has 3 amide bonds. The summed E-state index contributed by atoms with van der Waals surface area (Å²) in [7, 11) is 0. The molecule has 0 unspecified atom stereocenters. The average molecular weight is 419 g/mol. The van der Waals surface area contributed by atoms with Crippen LogP contribution in [0.1, 0.15) is 35.3 Å². The second kappa shape index (κ2) is 6.89. The molecule has 5 rings (SSSR count). The van der Waals surface area contributed by atoms with Crippen molar-refractivity contribution in [1.29, 1.82) is 0 Å². The number of hydrogen-bond acceptors (Lipinski definition) is 3. The SMILES string of the molecule is C[C@]12C[C@@H](c3ccccc3O1)N(C(=O)c1ccccc1)C(=O)N2c1ccc(Cl)cc1. The fourth-order valence-electron chi connectivity index (χ4n) is 4.33. The molecule has 0 aliphatic carbocycles. The smallest absolute Gasteiger partial charge is 0.335 e. The first-order valence-electron chi connectivity index (χ1n) is 9.74. The van der Waals surface area contributed by atoms with E-state index in [1.165, 1.54) is 4.90 Å². The van der Waals surface area contributed by atoms with Gasteiger partial charge in [-0.3, -0.25) is 14.6 Å². The van der Waals surface area contributed by atoms with Crippen LogP contribution in [0.15, 0.2) is 78.9 Å². The second-order valence-electron chi connectivity index (χ2n) is 7.67. The van der Waals surface area contributed by atoms with Crippen molar-refractivity contribution in [2.75, 3.05) is 4.90 Å². The molecule has 6 heteroatoms. The molecule has 0 radical (unpaired) electrons. The number of nitrogens with zero attached hydrogens (tertiary/aromatic N) is 2. The molecule has 2 heterocycles. The fraction of sp³-hybridized carbons (Fsp3) is 0.167. The summed E-state index contributed by atoms with van der Waals surface area (Å²) in [6.45, 7) is 1.88. The summed E-state index contributed by atoms with van der Waals surface area (Å²) < 4.78 is 6.33. The van der Waals surface area contributed by atoms with Crippen LogP contribution < -0.4 is 9.64 Å². The van der Waals surface area contributed by atoms with E-state index in [2.05, 4.69) is 0 Å². The lowest BCUT2D eigenvalue weighted by Crippen LogP contribution is -2.67. The summed E-state index contributed by atoms with van der Waals surface area (Å²) in [5, 5.41) is 0.568. The van der Waals surface area contributed by atoms with Gasteiger partial charge < -0.3 is 4.74 Å². The summed E-state index contributed by atoms with van der Waals surface area (Å²) in [4.78, 5) is 30.2. The predicted octanol–water partition coefficient (Wildman–Crippen LogP) is 5.66. The fourth-order valence-corrected chi connectivity index (χ4v) is 4.45. The van der Waals surface area contributed by atoms with Crippen molar-refractivity contribution in [2.24, 2.45) is 0 Å². The molecule has 3 aromatic rings. The first-order chi connectivity index (χ1) is 14.5. The van der Waals surface area contributed by atoms with E-state index in [4.69, 9.17) is 16.3 Å². The van der Waals surface area contributed by atoms with E-state index in [0.717, 1.165) is 5.56 Å². The van der Waals surface area contributed by atoms with Crippen molar-refractivity contribution in [2.45, 2.75) is 25.1 Å². The maximum absolute atomic E-state index is 13.8. The molecule has 0 aromatic heterocycles. The first-order valence-corrected chi connectivity index (χ1v) is 10.1. The number of anilines is 1. The Bertz CT molecular complexity index is 1130. The van der Waals surface area contributed by atoms with Crippen LogP contribution in [-0.4, -0.2) is 22.6 Å². The number of benzene rings is 3. The van der Waals surface area contributed by atoms with E-state index in [1.807, 2.05) is 37.3 Å². The first kappa shape index (κ1) is 18.7. The highest BCUT2D eigenvalue weighted by atomic mass is 35.5. The Hall–Kier alpha value is -3.31. The largest absolute Gasteiger partial charge is 0.467 e. The third-order valence-corrected chi connectivity index (χ3v) is 5.94. The van der Waals surface area contributed by atoms with Gasteiger partial charge >= 0.3 is 6.03 Å². The van der Waals surface area contributed by atoms with Gasteiger partial charge in [0.05, 0.1) is 6.04 Å². The number of carbonyl (C=O) groups excluding carboxylic acids is 2. The highest BCUT2D eigenvalue weighted by Gasteiger charge is 2.55. The summed E-state index contributed by atoms with van der Waals surface area (Å²) in [5.74, 6) is 0.344. The maximum atomic E-state index is 13.8. The Morgan fingerprint density at radius 1 is 1.00 bits per heavy atom. The van der Waals surface area contributed by atoms with Gasteiger partial charge in [0.15, 0.2) is 5.72 Å². The van der Waals surface area contributed by atoms with Gasteiger partial charge in [-0.25, -0.2) is 4.79 Å². The zero-order valence-electron chi connectivity index (χ0n) is 16.3. The van der Waals surface area contributed by atoms with Gasteiger partial charge in [-0.15, -0.1) is 0 Å². The number of halogens is 1. The molecule has 3 aromatic carbocycles. The van der Waals surface area contributed by atoms with Gasteiger partial charge in [0, 0.05) is 28.3 Å². The van der Waals surface area contributed by atoms with Crippen molar-refractivity contribution in [3.63, 3.8) is 0 Å². The van der Waals surface area contributed by atoms with Crippen LogP contribution in [0.5, 0.6) is 5.75 Å². The van der Waals surface area contributed by atoms with Crippen LogP contribution in [-0.2, 0) is 0 Å². The minimum absolute atomic E-state index is 0.330. The minimum Gasteiger partial charge on any atom is -0.467 e. The Balaban J connectivity index is 1.67. The summed E-state index contributed by atoms with van der Waals surface area (Å²) in [6, 6.07) is 22.6. The molecule has 2 atom stereocenters. The van der Waals surface area contributed by atoms with Gasteiger partial charge in [0.1, 0.15) is 5.75 Å². The standard InChI is InChI=1S/C24H19ClN2O3/c1-24-15-20(19-9-5-6-10-21(19)30-24)26(22(28)16-7-3-2-4-8-16)23(29)27(24)18-13-11-17(25)12-14-18/h2-14,20H,15H2,1H3/t20-,24+/m0/s1. The van der Waals surface area contributed by atoms with Gasteiger partial charge in [-0.2, -0.15) is 0 Å². The van der Waals surface area contributed by atoms with Crippen molar-refractivity contribution in [1.82, 2.24) is 4.90 Å². The van der Waals surface area contributed by atoms with E-state index >= 15 is 0 Å². The Morgan fingerprint density at radius 2 is 1.67 bits per heavy atom. The van der Waals surface area contributed by atoms with Gasteiger partial charge in [-0.05, 0) is 49.4 Å². The monoisotopic (exact) mass is 418 g/mol. The number of urea groups is 1. The molecular weight excluding hydrogens is 400 g/mol. The number of carbonyl (C=O) groups is 2. The van der Waals surface area contributed by atoms with Crippen LogP contribution >= 0.6 is 11.6 Å². The number of rotatable bonds is 2. The lowest BCUT2D eigenvalue weighted by atomic mass is 9.88. The number of hydrogen-bond donors (Lipinski definition) is 0. The van der Waals surface area contributed by atoms with Crippen LogP contribution in [0, 0.1) is 0 Å². The normalized spacial score (nSPS) is 22.3. The minimum atomic E-state index is -0.933. The van der Waals surface area contributed by atoms with Crippen molar-refractivity contribution < 1.29 is 14.3 Å². The summed E-state index contributed by atoms with van der Waals surface area (Å²) >= 11 is 6.05. The molecule has 0 saturated carbocycles. The van der Waals surface area contributed by atoms with Crippen molar-refractivity contribution in [3.05, 3.63) is 95.0 Å². The van der Waals surface area contributed by atoms with E-state index in [9.17, 15) is 9.59 Å². The lowest BCUT2D eigenvalue weighted by Gasteiger charge is -2.53. The molecule has 0 spiro atoms. The van der Waals surface area contributed by atoms with E-state index in [1.54, 1.807) is 53.4 Å². The second-order valence-corrected chi connectivity index (χ2v) is 8.11.